The number of nitrogens with zero attached hydrogens (tertiary/aromatic N) is 3. The van der Waals surface area contributed by atoms with Crippen LogP contribution < -0.4 is 4.74 Å². The molecule has 1 amide bonds. The molecule has 4 heterocycles. The third-order valence-corrected chi connectivity index (χ3v) is 6.08. The third kappa shape index (κ3) is 4.09. The highest BCUT2D eigenvalue weighted by atomic mass is 16.6. The highest BCUT2D eigenvalue weighted by molar-refractivity contribution is 5.81. The maximum atomic E-state index is 12.7. The zero-order valence-electron chi connectivity index (χ0n) is 18.8. The van der Waals surface area contributed by atoms with E-state index in [-0.39, 0.29) is 18.2 Å². The number of benzene rings is 1. The molecule has 166 valence electrons. The summed E-state index contributed by atoms with van der Waals surface area (Å²) in [7, 11) is 0. The fourth-order valence-electron chi connectivity index (χ4n) is 4.67. The molecular weight excluding hydrogens is 402 g/mol. The quantitative estimate of drug-likeness (QED) is 0.550. The highest BCUT2D eigenvalue weighted by Gasteiger charge is 2.42. The SMILES string of the molecule is CC(C)(C)OC(=O)N1[C@@H]2CC[C@H]1C=C(c1cnn3cc(OCc4ccccc4)ccc13)C2. The number of aromatic nitrogens is 2. The van der Waals surface area contributed by atoms with Gasteiger partial charge in [-0.25, -0.2) is 9.31 Å². The van der Waals surface area contributed by atoms with E-state index >= 15 is 0 Å². The molecular formula is C26H29N3O3. The molecule has 0 N–H and O–H groups in total. The van der Waals surface area contributed by atoms with E-state index in [1.165, 1.54) is 5.57 Å². The van der Waals surface area contributed by atoms with E-state index in [9.17, 15) is 4.79 Å². The number of carbonyl (C=O) groups is 1. The lowest BCUT2D eigenvalue weighted by Crippen LogP contribution is -2.45. The Hall–Kier alpha value is -3.28. The summed E-state index contributed by atoms with van der Waals surface area (Å²) in [5.41, 5.74) is 4.08. The summed E-state index contributed by atoms with van der Waals surface area (Å²) in [5.74, 6) is 0.782. The number of hydrogen-bond donors (Lipinski definition) is 0. The maximum absolute atomic E-state index is 12.7. The van der Waals surface area contributed by atoms with Crippen molar-refractivity contribution in [1.29, 1.82) is 0 Å². The Kier molecular flexibility index (Phi) is 5.16. The summed E-state index contributed by atoms with van der Waals surface area (Å²) in [6, 6.07) is 14.4. The summed E-state index contributed by atoms with van der Waals surface area (Å²) < 4.78 is 13.5. The Bertz CT molecular complexity index is 1160. The van der Waals surface area contributed by atoms with Gasteiger partial charge in [-0.3, -0.25) is 4.90 Å². The second-order valence-corrected chi connectivity index (χ2v) is 9.61. The summed E-state index contributed by atoms with van der Waals surface area (Å²) in [6.45, 7) is 6.26. The molecule has 2 atom stereocenters. The summed E-state index contributed by atoms with van der Waals surface area (Å²) in [5, 5.41) is 4.57. The van der Waals surface area contributed by atoms with Gasteiger partial charge >= 0.3 is 6.09 Å². The van der Waals surface area contributed by atoms with Crippen molar-refractivity contribution < 1.29 is 14.3 Å². The maximum Gasteiger partial charge on any atom is 0.411 e. The summed E-state index contributed by atoms with van der Waals surface area (Å²) >= 11 is 0. The van der Waals surface area contributed by atoms with Crippen LogP contribution in [0, 0.1) is 0 Å². The lowest BCUT2D eigenvalue weighted by molar-refractivity contribution is 0.0175. The van der Waals surface area contributed by atoms with E-state index in [2.05, 4.69) is 29.4 Å². The number of rotatable bonds is 4. The molecule has 1 saturated heterocycles. The first-order valence-corrected chi connectivity index (χ1v) is 11.2. The molecule has 6 nitrogen and oxygen atoms in total. The van der Waals surface area contributed by atoms with Crippen LogP contribution in [-0.4, -0.2) is 38.3 Å². The molecule has 32 heavy (non-hydrogen) atoms. The van der Waals surface area contributed by atoms with Gasteiger partial charge in [-0.1, -0.05) is 36.4 Å². The molecule has 1 aromatic carbocycles. The molecule has 1 fully saturated rings. The van der Waals surface area contributed by atoms with Crippen LogP contribution in [0.2, 0.25) is 0 Å². The first-order valence-electron chi connectivity index (χ1n) is 11.2. The standard InChI is InChI=1S/C26H29N3O3/c1-26(2,3)32-25(30)29-20-9-10-21(29)14-19(13-20)23-15-27-28-16-22(11-12-24(23)28)31-17-18-7-5-4-6-8-18/h4-8,11-13,15-16,20-21H,9-10,14,17H2,1-3H3/t20-,21+/m0/s1. The molecule has 3 aromatic rings. The Morgan fingerprint density at radius 1 is 1.12 bits per heavy atom. The van der Waals surface area contributed by atoms with Crippen LogP contribution in [0.25, 0.3) is 11.1 Å². The van der Waals surface area contributed by atoms with Crippen molar-refractivity contribution in [3.8, 4) is 5.75 Å². The first kappa shape index (κ1) is 20.6. The summed E-state index contributed by atoms with van der Waals surface area (Å²) in [6.07, 6.45) is 8.66. The van der Waals surface area contributed by atoms with Crippen molar-refractivity contribution in [2.75, 3.05) is 0 Å². The Balaban J connectivity index is 1.34. The molecule has 2 aliphatic heterocycles. The topological polar surface area (TPSA) is 56.1 Å². The van der Waals surface area contributed by atoms with Crippen molar-refractivity contribution in [2.24, 2.45) is 0 Å². The van der Waals surface area contributed by atoms with Crippen molar-refractivity contribution >= 4 is 17.2 Å². The predicted octanol–water partition coefficient (Wildman–Crippen LogP) is 5.47. The van der Waals surface area contributed by atoms with Crippen molar-refractivity contribution in [2.45, 2.75) is 64.3 Å². The third-order valence-electron chi connectivity index (χ3n) is 6.08. The fraction of sp³-hybridized carbons (Fsp3) is 0.385. The van der Waals surface area contributed by atoms with E-state index in [4.69, 9.17) is 9.47 Å². The minimum Gasteiger partial charge on any atom is -0.487 e. The van der Waals surface area contributed by atoms with E-state index < -0.39 is 5.60 Å². The van der Waals surface area contributed by atoms with Gasteiger partial charge in [0.2, 0.25) is 0 Å². The molecule has 2 aromatic heterocycles. The molecule has 0 spiro atoms. The smallest absolute Gasteiger partial charge is 0.411 e. The zero-order valence-corrected chi connectivity index (χ0v) is 18.8. The molecule has 0 aliphatic carbocycles. The molecule has 2 aliphatic rings. The van der Waals surface area contributed by atoms with Gasteiger partial charge in [0, 0.05) is 11.6 Å². The van der Waals surface area contributed by atoms with E-state index in [0.29, 0.717) is 6.61 Å². The largest absolute Gasteiger partial charge is 0.487 e. The Labute approximate surface area is 188 Å². The average Bonchev–Trinajstić information content (AvgIpc) is 3.30. The minimum absolute atomic E-state index is 0.0852. The van der Waals surface area contributed by atoms with Gasteiger partial charge in [0.25, 0.3) is 0 Å². The van der Waals surface area contributed by atoms with Crippen molar-refractivity contribution in [3.63, 3.8) is 0 Å². The zero-order chi connectivity index (χ0) is 22.3. The van der Waals surface area contributed by atoms with Crippen LogP contribution in [0.5, 0.6) is 5.75 Å². The predicted molar refractivity (Wildman–Crippen MR) is 123 cm³/mol. The van der Waals surface area contributed by atoms with Crippen LogP contribution >= 0.6 is 0 Å². The lowest BCUT2D eigenvalue weighted by atomic mass is 9.96. The first-order chi connectivity index (χ1) is 15.4. The molecule has 5 rings (SSSR count). The van der Waals surface area contributed by atoms with Crippen molar-refractivity contribution in [3.05, 3.63) is 72.1 Å². The summed E-state index contributed by atoms with van der Waals surface area (Å²) in [4.78, 5) is 14.7. The Morgan fingerprint density at radius 3 is 2.69 bits per heavy atom. The minimum atomic E-state index is -0.483. The number of carbonyl (C=O) groups excluding carboxylic acids is 1. The van der Waals surface area contributed by atoms with Gasteiger partial charge in [-0.15, -0.1) is 0 Å². The van der Waals surface area contributed by atoms with Gasteiger partial charge in [-0.05, 0) is 63.3 Å². The average molecular weight is 432 g/mol. The van der Waals surface area contributed by atoms with E-state index in [1.54, 1.807) is 0 Å². The van der Waals surface area contributed by atoms with Crippen LogP contribution in [0.15, 0.2) is 60.9 Å². The molecule has 6 heteroatoms. The van der Waals surface area contributed by atoms with Crippen LogP contribution in [-0.2, 0) is 11.3 Å². The van der Waals surface area contributed by atoms with Crippen LogP contribution in [0.3, 0.4) is 0 Å². The monoisotopic (exact) mass is 431 g/mol. The molecule has 0 saturated carbocycles. The normalized spacial score (nSPS) is 20.3. The van der Waals surface area contributed by atoms with Gasteiger partial charge in [-0.2, -0.15) is 5.10 Å². The van der Waals surface area contributed by atoms with Crippen LogP contribution in [0.4, 0.5) is 4.79 Å². The molecule has 0 unspecified atom stereocenters. The Morgan fingerprint density at radius 2 is 1.94 bits per heavy atom. The number of pyridine rings is 1. The fourth-order valence-corrected chi connectivity index (χ4v) is 4.67. The van der Waals surface area contributed by atoms with Gasteiger partial charge in [0.15, 0.2) is 0 Å². The number of hydrogen-bond acceptors (Lipinski definition) is 4. The van der Waals surface area contributed by atoms with E-state index in [1.807, 2.05) is 66.8 Å². The molecule has 0 radical (unpaired) electrons. The lowest BCUT2D eigenvalue weighted by Gasteiger charge is -2.35. The van der Waals surface area contributed by atoms with Gasteiger partial charge < -0.3 is 9.47 Å². The number of ether oxygens (including phenoxy) is 2. The molecule has 2 bridgehead atoms. The van der Waals surface area contributed by atoms with E-state index in [0.717, 1.165) is 41.7 Å². The second-order valence-electron chi connectivity index (χ2n) is 9.61. The number of fused-ring (bicyclic) bond motifs is 3. The highest BCUT2D eigenvalue weighted by Crippen LogP contribution is 2.40. The van der Waals surface area contributed by atoms with Crippen LogP contribution in [0.1, 0.15) is 51.2 Å². The second kappa shape index (κ2) is 8.01. The number of amides is 1. The van der Waals surface area contributed by atoms with Gasteiger partial charge in [0.1, 0.15) is 18.0 Å². The van der Waals surface area contributed by atoms with Gasteiger partial charge in [0.05, 0.1) is 24.0 Å². The van der Waals surface area contributed by atoms with Crippen molar-refractivity contribution in [1.82, 2.24) is 14.5 Å².